The fourth-order valence-electron chi connectivity index (χ4n) is 5.57. The number of H-pyrrole nitrogens is 1. The first-order chi connectivity index (χ1) is 16.1. The van der Waals surface area contributed by atoms with Gasteiger partial charge in [0.05, 0.1) is 0 Å². The highest BCUT2D eigenvalue weighted by atomic mass is 19.1. The average Bonchev–Trinajstić information content (AvgIpc) is 3.59. The Morgan fingerprint density at radius 1 is 1.00 bits per heavy atom. The Hall–Kier alpha value is -3.10. The van der Waals surface area contributed by atoms with Crippen LogP contribution >= 0.6 is 0 Å². The number of rotatable bonds is 6. The third-order valence-corrected chi connectivity index (χ3v) is 7.28. The third-order valence-electron chi connectivity index (χ3n) is 7.28. The number of hydrogen-bond donors (Lipinski definition) is 1. The smallest absolute Gasteiger partial charge is 0.130 e. The van der Waals surface area contributed by atoms with Gasteiger partial charge in [-0.3, -0.25) is 14.4 Å². The molecular formula is C25H26F2N6. The monoisotopic (exact) mass is 448 g/mol. The molecule has 2 aliphatic heterocycles. The highest BCUT2D eigenvalue weighted by Gasteiger charge is 2.40. The van der Waals surface area contributed by atoms with E-state index in [0.29, 0.717) is 24.1 Å². The molecule has 0 radical (unpaired) electrons. The normalized spacial score (nSPS) is 21.3. The van der Waals surface area contributed by atoms with E-state index in [9.17, 15) is 8.78 Å². The summed E-state index contributed by atoms with van der Waals surface area (Å²) in [4.78, 5) is 8.30. The molecular weight excluding hydrogens is 422 g/mol. The van der Waals surface area contributed by atoms with Gasteiger partial charge in [0.1, 0.15) is 24.3 Å². The lowest BCUT2D eigenvalue weighted by Gasteiger charge is -2.25. The Bertz CT molecular complexity index is 1270. The predicted molar refractivity (Wildman–Crippen MR) is 122 cm³/mol. The molecule has 0 saturated carbocycles. The van der Waals surface area contributed by atoms with Crippen LogP contribution in [0.4, 0.5) is 8.78 Å². The predicted octanol–water partition coefficient (Wildman–Crippen LogP) is 3.78. The molecule has 2 saturated heterocycles. The second kappa shape index (κ2) is 8.35. The molecule has 33 heavy (non-hydrogen) atoms. The van der Waals surface area contributed by atoms with E-state index >= 15 is 0 Å². The van der Waals surface area contributed by atoms with E-state index in [4.69, 9.17) is 0 Å². The highest BCUT2D eigenvalue weighted by Crippen LogP contribution is 2.33. The summed E-state index contributed by atoms with van der Waals surface area (Å²) in [5.74, 6) is -0.349. The molecule has 6 rings (SSSR count). The van der Waals surface area contributed by atoms with Crippen molar-refractivity contribution in [3.63, 3.8) is 0 Å². The summed E-state index contributed by atoms with van der Waals surface area (Å²) in [5.41, 5.74) is 4.07. The maximum absolute atomic E-state index is 14.1. The summed E-state index contributed by atoms with van der Waals surface area (Å²) < 4.78 is 29.2. The molecule has 0 amide bonds. The lowest BCUT2D eigenvalue weighted by atomic mass is 10.0. The van der Waals surface area contributed by atoms with E-state index in [1.807, 2.05) is 4.57 Å². The first kappa shape index (κ1) is 20.5. The maximum atomic E-state index is 14.1. The molecule has 8 heteroatoms. The van der Waals surface area contributed by atoms with Crippen LogP contribution in [0.3, 0.4) is 0 Å². The van der Waals surface area contributed by atoms with E-state index in [1.54, 1.807) is 18.7 Å². The van der Waals surface area contributed by atoms with Gasteiger partial charge in [-0.25, -0.2) is 8.78 Å². The van der Waals surface area contributed by atoms with Crippen LogP contribution in [0.2, 0.25) is 0 Å². The number of halogens is 2. The summed E-state index contributed by atoms with van der Waals surface area (Å²) in [7, 11) is 0. The van der Waals surface area contributed by atoms with Gasteiger partial charge in [0.2, 0.25) is 0 Å². The van der Waals surface area contributed by atoms with Gasteiger partial charge < -0.3 is 4.98 Å². The molecule has 0 aliphatic carbocycles. The van der Waals surface area contributed by atoms with Gasteiger partial charge in [0.15, 0.2) is 0 Å². The van der Waals surface area contributed by atoms with E-state index in [0.717, 1.165) is 49.9 Å². The van der Waals surface area contributed by atoms with Gasteiger partial charge in [-0.05, 0) is 55.1 Å². The molecule has 4 heterocycles. The zero-order valence-corrected chi connectivity index (χ0v) is 18.3. The van der Waals surface area contributed by atoms with Crippen molar-refractivity contribution in [3.05, 3.63) is 78.0 Å². The van der Waals surface area contributed by atoms with Crippen molar-refractivity contribution in [1.29, 1.82) is 0 Å². The van der Waals surface area contributed by atoms with Gasteiger partial charge >= 0.3 is 0 Å². The number of aromatic nitrogens is 4. The standard InChI is InChI=1S/C25H26F2N6/c26-20-2-1-18(23(27)9-20)12-31-13-19-6-8-32(25(19)14-31)7-5-17-11-28-24-4-3-21(10-22(17)24)33-15-29-30-16-33/h1-4,9-11,15-16,19,25,28H,5-8,12-14H2/t19-,25+/m1/s1. The van der Waals surface area contributed by atoms with E-state index < -0.39 is 11.6 Å². The molecule has 0 spiro atoms. The summed E-state index contributed by atoms with van der Waals surface area (Å²) in [6, 6.07) is 10.8. The number of benzene rings is 2. The van der Waals surface area contributed by atoms with Gasteiger partial charge in [-0.1, -0.05) is 6.07 Å². The molecule has 1 N–H and O–H groups in total. The lowest BCUT2D eigenvalue weighted by Crippen LogP contribution is -2.36. The van der Waals surface area contributed by atoms with Crippen molar-refractivity contribution in [2.24, 2.45) is 5.92 Å². The highest BCUT2D eigenvalue weighted by molar-refractivity contribution is 5.85. The van der Waals surface area contributed by atoms with Gasteiger partial charge in [-0.2, -0.15) is 0 Å². The second-order valence-electron chi connectivity index (χ2n) is 9.24. The zero-order valence-electron chi connectivity index (χ0n) is 18.3. The van der Waals surface area contributed by atoms with Gasteiger partial charge in [-0.15, -0.1) is 10.2 Å². The number of nitrogens with zero attached hydrogens (tertiary/aromatic N) is 5. The molecule has 2 atom stereocenters. The Morgan fingerprint density at radius 2 is 1.88 bits per heavy atom. The van der Waals surface area contributed by atoms with Crippen LogP contribution in [0, 0.1) is 17.6 Å². The van der Waals surface area contributed by atoms with Crippen molar-refractivity contribution in [3.8, 4) is 5.69 Å². The maximum Gasteiger partial charge on any atom is 0.130 e. The summed E-state index contributed by atoms with van der Waals surface area (Å²) >= 11 is 0. The average molecular weight is 449 g/mol. The largest absolute Gasteiger partial charge is 0.361 e. The van der Waals surface area contributed by atoms with Crippen LogP contribution in [-0.2, 0) is 13.0 Å². The quantitative estimate of drug-likeness (QED) is 0.488. The summed E-state index contributed by atoms with van der Waals surface area (Å²) in [6.07, 6.45) is 7.69. The Labute approximate surface area is 190 Å². The molecule has 2 aromatic heterocycles. The topological polar surface area (TPSA) is 53.0 Å². The SMILES string of the molecule is Fc1ccc(CN2C[C@H]3CCN(CCc4c[nH]c5ccc(-n6cnnc6)cc45)[C@H]3C2)c(F)c1. The number of aromatic amines is 1. The summed E-state index contributed by atoms with van der Waals surface area (Å²) in [6.45, 7) is 4.58. The lowest BCUT2D eigenvalue weighted by molar-refractivity contribution is 0.223. The fraction of sp³-hybridized carbons (Fsp3) is 0.360. The van der Waals surface area contributed by atoms with Crippen LogP contribution in [0.5, 0.6) is 0 Å². The minimum absolute atomic E-state index is 0.450. The van der Waals surface area contributed by atoms with E-state index in [1.165, 1.54) is 23.4 Å². The molecule has 2 fully saturated rings. The molecule has 4 aromatic rings. The molecule has 2 aliphatic rings. The minimum Gasteiger partial charge on any atom is -0.361 e. The second-order valence-corrected chi connectivity index (χ2v) is 9.24. The first-order valence-electron chi connectivity index (χ1n) is 11.5. The minimum atomic E-state index is -0.521. The third kappa shape index (κ3) is 3.94. The number of nitrogens with one attached hydrogen (secondary N) is 1. The van der Waals surface area contributed by atoms with E-state index in [-0.39, 0.29) is 0 Å². The summed E-state index contributed by atoms with van der Waals surface area (Å²) in [5, 5.41) is 9.05. The van der Waals surface area contributed by atoms with Gasteiger partial charge in [0, 0.05) is 66.6 Å². The fourth-order valence-corrected chi connectivity index (χ4v) is 5.57. The van der Waals surface area contributed by atoms with Crippen molar-refractivity contribution < 1.29 is 8.78 Å². The molecule has 170 valence electrons. The van der Waals surface area contributed by atoms with Crippen molar-refractivity contribution in [1.82, 2.24) is 29.5 Å². The van der Waals surface area contributed by atoms with Crippen molar-refractivity contribution in [2.75, 3.05) is 26.2 Å². The van der Waals surface area contributed by atoms with Crippen molar-refractivity contribution >= 4 is 10.9 Å². The zero-order chi connectivity index (χ0) is 22.4. The van der Waals surface area contributed by atoms with Crippen LogP contribution < -0.4 is 0 Å². The first-order valence-corrected chi connectivity index (χ1v) is 11.5. The Balaban J connectivity index is 1.12. The number of hydrogen-bond acceptors (Lipinski definition) is 4. The van der Waals surface area contributed by atoms with Gasteiger partial charge in [0.25, 0.3) is 0 Å². The van der Waals surface area contributed by atoms with Crippen molar-refractivity contribution in [2.45, 2.75) is 25.4 Å². The molecule has 2 aromatic carbocycles. The number of fused-ring (bicyclic) bond motifs is 2. The number of likely N-dealkylation sites (tertiary alicyclic amines) is 2. The van der Waals surface area contributed by atoms with E-state index in [2.05, 4.69) is 49.4 Å². The Kier molecular flexibility index (Phi) is 5.19. The van der Waals surface area contributed by atoms with Crippen LogP contribution in [0.25, 0.3) is 16.6 Å². The van der Waals surface area contributed by atoms with Crippen LogP contribution in [0.1, 0.15) is 17.5 Å². The van der Waals surface area contributed by atoms with Crippen LogP contribution in [0.15, 0.2) is 55.2 Å². The molecule has 0 bridgehead atoms. The molecule has 0 unspecified atom stereocenters. The Morgan fingerprint density at radius 3 is 2.73 bits per heavy atom. The van der Waals surface area contributed by atoms with Crippen LogP contribution in [-0.4, -0.2) is 61.8 Å². The molecule has 6 nitrogen and oxygen atoms in total.